The van der Waals surface area contributed by atoms with Gasteiger partial charge in [-0.3, -0.25) is 4.90 Å². The van der Waals surface area contributed by atoms with E-state index in [-0.39, 0.29) is 17.9 Å². The highest BCUT2D eigenvalue weighted by atomic mass is 19.1. The maximum Gasteiger partial charge on any atom is 0.123 e. The van der Waals surface area contributed by atoms with Crippen LogP contribution in [0.15, 0.2) is 24.3 Å². The number of halogens is 1. The average molecular weight is 292 g/mol. The van der Waals surface area contributed by atoms with Gasteiger partial charge in [-0.2, -0.15) is 0 Å². The normalized spacial score (nSPS) is 22.2. The van der Waals surface area contributed by atoms with Crippen molar-refractivity contribution in [3.05, 3.63) is 35.6 Å². The van der Waals surface area contributed by atoms with Crippen LogP contribution in [0.25, 0.3) is 0 Å². The van der Waals surface area contributed by atoms with E-state index >= 15 is 0 Å². The average Bonchev–Trinajstić information content (AvgIpc) is 2.46. The van der Waals surface area contributed by atoms with Crippen molar-refractivity contribution in [3.8, 4) is 0 Å². The van der Waals surface area contributed by atoms with Crippen molar-refractivity contribution in [1.82, 2.24) is 4.90 Å². The van der Waals surface area contributed by atoms with Crippen LogP contribution in [0.3, 0.4) is 0 Å². The van der Waals surface area contributed by atoms with E-state index in [0.717, 1.165) is 5.56 Å². The van der Waals surface area contributed by atoms with Crippen molar-refractivity contribution in [3.63, 3.8) is 0 Å². The number of nitrogens with zero attached hydrogens (tertiary/aromatic N) is 1. The first-order valence-electron chi connectivity index (χ1n) is 8.03. The third kappa shape index (κ3) is 4.04. The molecule has 2 atom stereocenters. The quantitative estimate of drug-likeness (QED) is 0.904. The lowest BCUT2D eigenvalue weighted by molar-refractivity contribution is 0.0904. The summed E-state index contributed by atoms with van der Waals surface area (Å²) in [5, 5.41) is 0. The molecule has 1 aliphatic rings. The molecule has 2 unspecified atom stereocenters. The van der Waals surface area contributed by atoms with Gasteiger partial charge >= 0.3 is 0 Å². The van der Waals surface area contributed by atoms with E-state index < -0.39 is 0 Å². The Balaban J connectivity index is 1.98. The van der Waals surface area contributed by atoms with Crippen LogP contribution in [-0.4, -0.2) is 24.0 Å². The molecule has 0 saturated heterocycles. The molecule has 21 heavy (non-hydrogen) atoms. The number of likely N-dealkylation sites (N-methyl/N-ethyl adjacent to an activating group) is 1. The smallest absolute Gasteiger partial charge is 0.123 e. The topological polar surface area (TPSA) is 29.3 Å². The molecule has 0 aromatic heterocycles. The second kappa shape index (κ2) is 6.45. The molecule has 118 valence electrons. The van der Waals surface area contributed by atoms with Gasteiger partial charge in [-0.05, 0) is 62.8 Å². The molecule has 1 aliphatic carbocycles. The summed E-state index contributed by atoms with van der Waals surface area (Å²) in [6.07, 6.45) is 5.04. The highest BCUT2D eigenvalue weighted by molar-refractivity contribution is 5.21. The van der Waals surface area contributed by atoms with Gasteiger partial charge in [-0.1, -0.05) is 26.0 Å². The zero-order valence-electron chi connectivity index (χ0n) is 13.8. The van der Waals surface area contributed by atoms with Crippen molar-refractivity contribution in [2.45, 2.75) is 64.6 Å². The number of hydrogen-bond acceptors (Lipinski definition) is 2. The van der Waals surface area contributed by atoms with Crippen LogP contribution in [0.5, 0.6) is 0 Å². The fraction of sp³-hybridized carbons (Fsp3) is 0.667. The molecule has 1 saturated carbocycles. The highest BCUT2D eigenvalue weighted by Gasteiger charge is 2.31. The van der Waals surface area contributed by atoms with E-state index in [2.05, 4.69) is 32.7 Å². The molecule has 2 N–H and O–H groups in total. The number of rotatable bonds is 4. The first kappa shape index (κ1) is 16.4. The van der Waals surface area contributed by atoms with Gasteiger partial charge in [-0.25, -0.2) is 4.39 Å². The second-order valence-electron chi connectivity index (χ2n) is 7.38. The lowest BCUT2D eigenvalue weighted by atomic mass is 9.75. The first-order chi connectivity index (χ1) is 9.80. The fourth-order valence-corrected chi connectivity index (χ4v) is 3.34. The van der Waals surface area contributed by atoms with Gasteiger partial charge in [0.2, 0.25) is 0 Å². The molecule has 2 nitrogen and oxygen atoms in total. The first-order valence-corrected chi connectivity index (χ1v) is 8.03. The Morgan fingerprint density at radius 3 is 2.24 bits per heavy atom. The monoisotopic (exact) mass is 292 g/mol. The Morgan fingerprint density at radius 1 is 1.19 bits per heavy atom. The zero-order valence-corrected chi connectivity index (χ0v) is 13.8. The zero-order chi connectivity index (χ0) is 15.6. The minimum Gasteiger partial charge on any atom is -0.323 e. The van der Waals surface area contributed by atoms with Crippen molar-refractivity contribution in [2.75, 3.05) is 7.05 Å². The van der Waals surface area contributed by atoms with Crippen LogP contribution in [0, 0.1) is 11.2 Å². The summed E-state index contributed by atoms with van der Waals surface area (Å²) < 4.78 is 13.0. The number of hydrogen-bond donors (Lipinski definition) is 1. The third-order valence-electron chi connectivity index (χ3n) is 5.30. The van der Waals surface area contributed by atoms with Gasteiger partial charge < -0.3 is 5.73 Å². The minimum absolute atomic E-state index is 0.0782. The van der Waals surface area contributed by atoms with Crippen molar-refractivity contribution in [1.29, 1.82) is 0 Å². The molecule has 0 heterocycles. The fourth-order valence-electron chi connectivity index (χ4n) is 3.34. The van der Waals surface area contributed by atoms with Crippen LogP contribution < -0.4 is 5.73 Å². The van der Waals surface area contributed by atoms with Gasteiger partial charge in [0.25, 0.3) is 0 Å². The van der Waals surface area contributed by atoms with Gasteiger partial charge in [0.15, 0.2) is 0 Å². The van der Waals surface area contributed by atoms with Gasteiger partial charge in [0.1, 0.15) is 5.82 Å². The lowest BCUT2D eigenvalue weighted by Crippen LogP contribution is -2.46. The molecule has 2 rings (SSSR count). The molecule has 3 heteroatoms. The molecule has 0 bridgehead atoms. The minimum atomic E-state index is -0.207. The Labute approximate surface area is 128 Å². The Kier molecular flexibility index (Phi) is 5.05. The molecule has 0 spiro atoms. The van der Waals surface area contributed by atoms with E-state index in [4.69, 9.17) is 5.73 Å². The lowest BCUT2D eigenvalue weighted by Gasteiger charge is -2.42. The van der Waals surface area contributed by atoms with E-state index in [1.807, 2.05) is 0 Å². The Hall–Kier alpha value is -0.930. The van der Waals surface area contributed by atoms with Crippen molar-refractivity contribution < 1.29 is 4.39 Å². The molecule has 1 aromatic rings. The van der Waals surface area contributed by atoms with Crippen LogP contribution in [0.4, 0.5) is 4.39 Å². The molecule has 1 aromatic carbocycles. The summed E-state index contributed by atoms with van der Waals surface area (Å²) in [6.45, 7) is 6.89. The third-order valence-corrected chi connectivity index (χ3v) is 5.30. The van der Waals surface area contributed by atoms with Crippen molar-refractivity contribution in [2.24, 2.45) is 11.1 Å². The highest BCUT2D eigenvalue weighted by Crippen LogP contribution is 2.37. The van der Waals surface area contributed by atoms with E-state index in [9.17, 15) is 4.39 Å². The maximum absolute atomic E-state index is 13.0. The molecular weight excluding hydrogens is 263 g/mol. The largest absolute Gasteiger partial charge is 0.323 e. The SMILES string of the molecule is CC(C(N)c1ccc(F)cc1)N(C)C1CCC(C)(C)CC1. The van der Waals surface area contributed by atoms with Crippen LogP contribution in [0.1, 0.15) is 58.1 Å². The maximum atomic E-state index is 13.0. The van der Waals surface area contributed by atoms with E-state index in [1.54, 1.807) is 12.1 Å². The molecular formula is C18H29FN2. The van der Waals surface area contributed by atoms with Crippen LogP contribution in [0.2, 0.25) is 0 Å². The van der Waals surface area contributed by atoms with Gasteiger partial charge in [-0.15, -0.1) is 0 Å². The van der Waals surface area contributed by atoms with Gasteiger partial charge in [0, 0.05) is 18.1 Å². The van der Waals surface area contributed by atoms with E-state index in [0.29, 0.717) is 11.5 Å². The molecule has 1 fully saturated rings. The summed E-state index contributed by atoms with van der Waals surface area (Å²) >= 11 is 0. The predicted molar refractivity (Wildman–Crippen MR) is 86.6 cm³/mol. The summed E-state index contributed by atoms with van der Waals surface area (Å²) in [5.74, 6) is -0.207. The van der Waals surface area contributed by atoms with E-state index in [1.165, 1.54) is 37.8 Å². The standard InChI is InChI=1S/C18H29FN2/c1-13(17(20)14-5-7-15(19)8-6-14)21(4)16-9-11-18(2,3)12-10-16/h5-8,13,16-17H,9-12,20H2,1-4H3. The molecule has 0 aliphatic heterocycles. The van der Waals surface area contributed by atoms with Crippen LogP contribution >= 0.6 is 0 Å². The summed E-state index contributed by atoms with van der Waals surface area (Å²) in [5.41, 5.74) is 7.88. The van der Waals surface area contributed by atoms with Gasteiger partial charge in [0.05, 0.1) is 0 Å². The number of nitrogens with two attached hydrogens (primary N) is 1. The van der Waals surface area contributed by atoms with Crippen LogP contribution in [-0.2, 0) is 0 Å². The Bertz CT molecular complexity index is 445. The molecule has 0 radical (unpaired) electrons. The second-order valence-corrected chi connectivity index (χ2v) is 7.38. The Morgan fingerprint density at radius 2 is 1.71 bits per heavy atom. The summed E-state index contributed by atoms with van der Waals surface area (Å²) in [7, 11) is 2.18. The predicted octanol–water partition coefficient (Wildman–Crippen LogP) is 4.11. The summed E-state index contributed by atoms with van der Waals surface area (Å²) in [4.78, 5) is 2.42. The number of benzene rings is 1. The molecule has 0 amide bonds. The van der Waals surface area contributed by atoms with Crippen molar-refractivity contribution >= 4 is 0 Å². The summed E-state index contributed by atoms with van der Waals surface area (Å²) in [6, 6.07) is 7.37.